The monoisotopic (exact) mass is 256 g/mol. The minimum Gasteiger partial charge on any atom is -0.316 e. The lowest BCUT2D eigenvalue weighted by molar-refractivity contribution is 0.597. The smallest absolute Gasteiger partial charge is 0.238 e. The summed E-state index contributed by atoms with van der Waals surface area (Å²) in [5.41, 5.74) is 1.11. The minimum absolute atomic E-state index is 0.167. The number of nitrogens with one attached hydrogen (secondary N) is 1. The van der Waals surface area contributed by atoms with E-state index in [-0.39, 0.29) is 4.90 Å². The molecular weight excluding hydrogens is 236 g/mol. The van der Waals surface area contributed by atoms with Crippen LogP contribution in [0.1, 0.15) is 25.3 Å². The molecule has 3 N–H and O–H groups in total. The third kappa shape index (κ3) is 5.30. The van der Waals surface area contributed by atoms with Crippen LogP contribution >= 0.6 is 0 Å². The van der Waals surface area contributed by atoms with Crippen LogP contribution in [0.15, 0.2) is 29.2 Å². The van der Waals surface area contributed by atoms with Crippen molar-refractivity contribution in [2.75, 3.05) is 13.1 Å². The molecule has 0 saturated carbocycles. The molecule has 0 fully saturated rings. The molecule has 1 aromatic rings. The number of hydrogen-bond donors (Lipinski definition) is 2. The number of sulfonamides is 1. The lowest BCUT2D eigenvalue weighted by Crippen LogP contribution is -2.18. The predicted molar refractivity (Wildman–Crippen MR) is 69.3 cm³/mol. The van der Waals surface area contributed by atoms with E-state index in [1.807, 2.05) is 0 Å². The fraction of sp³-hybridized carbons (Fsp3) is 0.500. The molecule has 0 atom stereocenters. The van der Waals surface area contributed by atoms with Gasteiger partial charge in [0.15, 0.2) is 0 Å². The maximum atomic E-state index is 11.0. The van der Waals surface area contributed by atoms with Crippen LogP contribution in [0.2, 0.25) is 0 Å². The highest BCUT2D eigenvalue weighted by Gasteiger charge is 2.06. The Labute approximate surface area is 103 Å². The first-order chi connectivity index (χ1) is 8.04. The average molecular weight is 256 g/mol. The lowest BCUT2D eigenvalue weighted by Gasteiger charge is -2.04. The molecule has 17 heavy (non-hydrogen) atoms. The molecule has 0 saturated heterocycles. The fourth-order valence-electron chi connectivity index (χ4n) is 1.51. The van der Waals surface area contributed by atoms with Gasteiger partial charge in [-0.15, -0.1) is 0 Å². The van der Waals surface area contributed by atoms with Gasteiger partial charge in [-0.1, -0.05) is 25.5 Å². The first-order valence-corrected chi connectivity index (χ1v) is 7.41. The zero-order valence-electron chi connectivity index (χ0n) is 10.1. The average Bonchev–Trinajstić information content (AvgIpc) is 2.28. The summed E-state index contributed by atoms with van der Waals surface area (Å²) < 4.78 is 22.1. The SMILES string of the molecule is CCCCNCCc1ccc(S(N)(=O)=O)cc1. The van der Waals surface area contributed by atoms with E-state index in [0.29, 0.717) is 0 Å². The molecule has 0 unspecified atom stereocenters. The van der Waals surface area contributed by atoms with E-state index in [1.165, 1.54) is 12.8 Å². The summed E-state index contributed by atoms with van der Waals surface area (Å²) in [6.07, 6.45) is 3.27. The van der Waals surface area contributed by atoms with Crippen LogP contribution in [0.3, 0.4) is 0 Å². The van der Waals surface area contributed by atoms with Crippen molar-refractivity contribution in [2.45, 2.75) is 31.1 Å². The molecule has 0 amide bonds. The number of unbranched alkanes of at least 4 members (excludes halogenated alkanes) is 1. The highest BCUT2D eigenvalue weighted by molar-refractivity contribution is 7.89. The van der Waals surface area contributed by atoms with Gasteiger partial charge in [0, 0.05) is 0 Å². The van der Waals surface area contributed by atoms with Gasteiger partial charge >= 0.3 is 0 Å². The fourth-order valence-corrected chi connectivity index (χ4v) is 2.02. The molecule has 0 bridgehead atoms. The molecule has 1 aromatic carbocycles. The summed E-state index contributed by atoms with van der Waals surface area (Å²) in [5, 5.41) is 8.36. The van der Waals surface area contributed by atoms with Gasteiger partial charge in [-0.2, -0.15) is 0 Å². The Hall–Kier alpha value is -0.910. The van der Waals surface area contributed by atoms with Gasteiger partial charge in [-0.05, 0) is 43.6 Å². The Balaban J connectivity index is 2.41. The summed E-state index contributed by atoms with van der Waals surface area (Å²) in [5.74, 6) is 0. The second-order valence-electron chi connectivity index (χ2n) is 4.04. The number of benzene rings is 1. The van der Waals surface area contributed by atoms with Crippen molar-refractivity contribution in [3.63, 3.8) is 0 Å². The molecule has 96 valence electrons. The number of nitrogens with two attached hydrogens (primary N) is 1. The first-order valence-electron chi connectivity index (χ1n) is 5.86. The van der Waals surface area contributed by atoms with Gasteiger partial charge in [0.25, 0.3) is 0 Å². The van der Waals surface area contributed by atoms with Crippen molar-refractivity contribution in [2.24, 2.45) is 5.14 Å². The summed E-state index contributed by atoms with van der Waals surface area (Å²) in [6.45, 7) is 4.11. The van der Waals surface area contributed by atoms with E-state index in [2.05, 4.69) is 12.2 Å². The molecule has 0 radical (unpaired) electrons. The standard InChI is InChI=1S/C12H20N2O2S/c1-2-3-9-14-10-8-11-4-6-12(7-5-11)17(13,15)16/h4-7,14H,2-3,8-10H2,1H3,(H2,13,15,16). The summed E-state index contributed by atoms with van der Waals surface area (Å²) >= 11 is 0. The normalized spacial score (nSPS) is 11.6. The molecule has 0 aliphatic rings. The molecule has 0 spiro atoms. The Morgan fingerprint density at radius 1 is 1.18 bits per heavy atom. The van der Waals surface area contributed by atoms with E-state index >= 15 is 0 Å². The second-order valence-corrected chi connectivity index (χ2v) is 5.60. The Morgan fingerprint density at radius 3 is 2.35 bits per heavy atom. The van der Waals surface area contributed by atoms with Gasteiger partial charge in [0.1, 0.15) is 0 Å². The highest BCUT2D eigenvalue weighted by atomic mass is 32.2. The Kier molecular flexibility index (Phi) is 5.61. The van der Waals surface area contributed by atoms with Crippen LogP contribution in [0.4, 0.5) is 0 Å². The molecular formula is C12H20N2O2S. The van der Waals surface area contributed by atoms with Gasteiger partial charge in [-0.3, -0.25) is 0 Å². The van der Waals surface area contributed by atoms with E-state index < -0.39 is 10.0 Å². The van der Waals surface area contributed by atoms with Crippen LogP contribution in [-0.2, 0) is 16.4 Å². The van der Waals surface area contributed by atoms with Crippen molar-refractivity contribution in [1.82, 2.24) is 5.32 Å². The van der Waals surface area contributed by atoms with Gasteiger partial charge in [-0.25, -0.2) is 13.6 Å². The molecule has 1 rings (SSSR count). The lowest BCUT2D eigenvalue weighted by atomic mass is 10.1. The van der Waals surface area contributed by atoms with Crippen molar-refractivity contribution in [1.29, 1.82) is 0 Å². The maximum Gasteiger partial charge on any atom is 0.238 e. The van der Waals surface area contributed by atoms with E-state index in [0.717, 1.165) is 25.1 Å². The van der Waals surface area contributed by atoms with Gasteiger partial charge in [0.05, 0.1) is 4.90 Å². The summed E-state index contributed by atoms with van der Waals surface area (Å²) in [6, 6.07) is 6.72. The number of rotatable bonds is 7. The Morgan fingerprint density at radius 2 is 1.82 bits per heavy atom. The molecule has 4 nitrogen and oxygen atoms in total. The second kappa shape index (κ2) is 6.74. The quantitative estimate of drug-likeness (QED) is 0.722. The van der Waals surface area contributed by atoms with Crippen LogP contribution < -0.4 is 10.5 Å². The zero-order chi connectivity index (χ0) is 12.7. The third-order valence-electron chi connectivity index (χ3n) is 2.55. The molecule has 0 aliphatic heterocycles. The highest BCUT2D eigenvalue weighted by Crippen LogP contribution is 2.08. The van der Waals surface area contributed by atoms with Crippen LogP contribution in [-0.4, -0.2) is 21.5 Å². The summed E-state index contributed by atoms with van der Waals surface area (Å²) in [7, 11) is -3.57. The van der Waals surface area contributed by atoms with Gasteiger partial charge in [0.2, 0.25) is 10.0 Å². The van der Waals surface area contributed by atoms with Gasteiger partial charge < -0.3 is 5.32 Å². The predicted octanol–water partition coefficient (Wildman–Crippen LogP) is 1.27. The first kappa shape index (κ1) is 14.2. The van der Waals surface area contributed by atoms with E-state index in [9.17, 15) is 8.42 Å². The maximum absolute atomic E-state index is 11.0. The third-order valence-corrected chi connectivity index (χ3v) is 3.48. The molecule has 0 aromatic heterocycles. The number of primary sulfonamides is 1. The van der Waals surface area contributed by atoms with E-state index in [4.69, 9.17) is 5.14 Å². The van der Waals surface area contributed by atoms with Crippen molar-refractivity contribution in [3.05, 3.63) is 29.8 Å². The van der Waals surface area contributed by atoms with Crippen molar-refractivity contribution in [3.8, 4) is 0 Å². The molecule has 0 aliphatic carbocycles. The van der Waals surface area contributed by atoms with E-state index in [1.54, 1.807) is 24.3 Å². The Bertz CT molecular complexity index is 426. The largest absolute Gasteiger partial charge is 0.316 e. The zero-order valence-corrected chi connectivity index (χ0v) is 11.0. The van der Waals surface area contributed by atoms with Crippen LogP contribution in [0.25, 0.3) is 0 Å². The van der Waals surface area contributed by atoms with Crippen molar-refractivity contribution >= 4 is 10.0 Å². The summed E-state index contributed by atoms with van der Waals surface area (Å²) in [4.78, 5) is 0.167. The van der Waals surface area contributed by atoms with Crippen LogP contribution in [0, 0.1) is 0 Å². The molecule has 5 heteroatoms. The molecule has 0 heterocycles. The number of hydrogen-bond acceptors (Lipinski definition) is 3. The topological polar surface area (TPSA) is 72.2 Å². The van der Waals surface area contributed by atoms with Crippen molar-refractivity contribution < 1.29 is 8.42 Å². The minimum atomic E-state index is -3.57. The van der Waals surface area contributed by atoms with Crippen LogP contribution in [0.5, 0.6) is 0 Å².